The van der Waals surface area contributed by atoms with Gasteiger partial charge in [0.2, 0.25) is 0 Å². The number of hydrogen-bond acceptors (Lipinski definition) is 10. The van der Waals surface area contributed by atoms with E-state index >= 15 is 0 Å². The monoisotopic (exact) mass is 1060 g/mol. The van der Waals surface area contributed by atoms with Crippen LogP contribution in [0.25, 0.3) is 21.5 Å². The molecule has 0 spiro atoms. The van der Waals surface area contributed by atoms with E-state index in [-0.39, 0.29) is 46.0 Å². The summed E-state index contributed by atoms with van der Waals surface area (Å²) in [6, 6.07) is 38.3. The van der Waals surface area contributed by atoms with Crippen molar-refractivity contribution >= 4 is 87.7 Å². The molecule has 3 saturated heterocycles. The van der Waals surface area contributed by atoms with Crippen molar-refractivity contribution in [3.8, 4) is 0 Å². The van der Waals surface area contributed by atoms with Gasteiger partial charge in [-0.05, 0) is 154 Å². The molecule has 74 heavy (non-hydrogen) atoms. The van der Waals surface area contributed by atoms with Crippen LogP contribution in [0.4, 0.5) is 0 Å². The topological polar surface area (TPSA) is 130 Å². The van der Waals surface area contributed by atoms with E-state index in [1.807, 2.05) is 180 Å². The van der Waals surface area contributed by atoms with Gasteiger partial charge in [0.15, 0.2) is 0 Å². The van der Waals surface area contributed by atoms with Crippen molar-refractivity contribution in [3.63, 3.8) is 0 Å². The number of nitrogens with zero attached hydrogens (tertiary/aromatic N) is 2. The smallest absolute Gasteiger partial charge is 0.405 e. The second kappa shape index (κ2) is 19.6. The van der Waals surface area contributed by atoms with Crippen LogP contribution in [-0.4, -0.2) is 101 Å². The van der Waals surface area contributed by atoms with Crippen molar-refractivity contribution in [3.05, 3.63) is 159 Å². The molecule has 12 nitrogen and oxygen atoms in total. The molecule has 5 aliphatic rings. The van der Waals surface area contributed by atoms with Gasteiger partial charge in [0.25, 0.3) is 23.6 Å². The van der Waals surface area contributed by atoms with E-state index in [0.29, 0.717) is 53.6 Å². The van der Waals surface area contributed by atoms with Gasteiger partial charge in [-0.1, -0.05) is 107 Å². The molecule has 0 radical (unpaired) electrons. The van der Waals surface area contributed by atoms with E-state index in [9.17, 15) is 19.2 Å². The van der Waals surface area contributed by atoms with Crippen molar-refractivity contribution in [1.29, 1.82) is 0 Å². The molecular formula is C58H64B3BrN2O10. The van der Waals surface area contributed by atoms with Crippen molar-refractivity contribution in [1.82, 2.24) is 9.80 Å². The summed E-state index contributed by atoms with van der Waals surface area (Å²) in [5.74, 6) is -0.940. The zero-order valence-electron chi connectivity index (χ0n) is 44.5. The maximum atomic E-state index is 13.3. The Morgan fingerprint density at radius 3 is 1.14 bits per heavy atom. The number of rotatable bonds is 8. The molecule has 5 aliphatic heterocycles. The predicted molar refractivity (Wildman–Crippen MR) is 295 cm³/mol. The number of halogens is 1. The first-order chi connectivity index (χ1) is 34.7. The lowest BCUT2D eigenvalue weighted by atomic mass is 9.49. The third kappa shape index (κ3) is 9.72. The molecule has 11 rings (SSSR count). The van der Waals surface area contributed by atoms with Crippen LogP contribution in [0.2, 0.25) is 0 Å². The summed E-state index contributed by atoms with van der Waals surface area (Å²) in [5, 5.41) is 3.15. The van der Waals surface area contributed by atoms with Crippen LogP contribution in [0.1, 0.15) is 136 Å². The molecule has 382 valence electrons. The summed E-state index contributed by atoms with van der Waals surface area (Å²) >= 11 is 3.50. The second-order valence-corrected chi connectivity index (χ2v) is 23.4. The lowest BCUT2D eigenvalue weighted by Gasteiger charge is -2.32. The summed E-state index contributed by atoms with van der Waals surface area (Å²) in [6.07, 6.45) is 1.27. The summed E-state index contributed by atoms with van der Waals surface area (Å²) < 4.78 is 37.2. The number of amides is 4. The van der Waals surface area contributed by atoms with E-state index in [1.54, 1.807) is 24.3 Å². The van der Waals surface area contributed by atoms with E-state index in [4.69, 9.17) is 27.9 Å². The molecule has 6 aromatic carbocycles. The van der Waals surface area contributed by atoms with Crippen LogP contribution in [0.3, 0.4) is 0 Å². The highest BCUT2D eigenvalue weighted by atomic mass is 79.9. The molecule has 0 aliphatic carbocycles. The van der Waals surface area contributed by atoms with Crippen LogP contribution in [0.5, 0.6) is 0 Å². The Morgan fingerprint density at radius 2 is 0.730 bits per heavy atom. The molecule has 0 saturated carbocycles. The Hall–Kier alpha value is -5.45. The average molecular weight is 1060 g/mol. The zero-order chi connectivity index (χ0) is 53.3. The number of hydrogen-bond donors (Lipinski definition) is 0. The Kier molecular flexibility index (Phi) is 14.1. The van der Waals surface area contributed by atoms with Gasteiger partial charge in [-0.15, -0.1) is 0 Å². The molecule has 0 bridgehead atoms. The summed E-state index contributed by atoms with van der Waals surface area (Å²) in [5.41, 5.74) is 2.92. The maximum Gasteiger partial charge on any atom is 0.495 e. The highest BCUT2D eigenvalue weighted by Gasteiger charge is 2.64. The van der Waals surface area contributed by atoms with Gasteiger partial charge in [-0.3, -0.25) is 29.0 Å². The molecule has 16 heteroatoms. The molecule has 0 unspecified atom stereocenters. The van der Waals surface area contributed by atoms with E-state index < -0.39 is 32.3 Å². The minimum absolute atomic E-state index is 0.216. The standard InChI is InChI=1S/C26H26BNO4.C20H14BrNO2.C12H24B2O4/c1-25(2)26(3,4)32-27(31-25)21-14-13-20-22-18(21)11-8-12-19(22)23(29)28(24(20)30)16-15-17-9-6-5-7-10-17;21-17-10-9-16-18-14(17)7-4-8-15(18)19(23)22(20(16)24)12-11-13-5-2-1-3-6-13;1-9(2)10(3,4)16-13(15-9)14-17-11(5,6)12(7,8)18-14/h5-14H,15-16H2,1-4H3;1-10H,11-12H2;1-8H3. The van der Waals surface area contributed by atoms with Crippen LogP contribution in [0, 0.1) is 0 Å². The van der Waals surface area contributed by atoms with E-state index in [0.717, 1.165) is 37.2 Å². The lowest BCUT2D eigenvalue weighted by Crippen LogP contribution is -2.42. The summed E-state index contributed by atoms with van der Waals surface area (Å²) in [4.78, 5) is 55.0. The molecule has 5 heterocycles. The zero-order valence-corrected chi connectivity index (χ0v) is 46.0. The largest absolute Gasteiger partial charge is 0.495 e. The molecule has 4 amide bonds. The minimum Gasteiger partial charge on any atom is -0.405 e. The third-order valence-corrected chi connectivity index (χ3v) is 16.9. The van der Waals surface area contributed by atoms with Crippen LogP contribution >= 0.6 is 15.9 Å². The quantitative estimate of drug-likeness (QED) is 0.107. The van der Waals surface area contributed by atoms with Gasteiger partial charge in [0.1, 0.15) is 0 Å². The van der Waals surface area contributed by atoms with Gasteiger partial charge < -0.3 is 27.9 Å². The normalized spacial score (nSPS) is 20.5. The van der Waals surface area contributed by atoms with Crippen LogP contribution < -0.4 is 5.46 Å². The molecule has 0 atom stereocenters. The highest BCUT2D eigenvalue weighted by molar-refractivity contribution is 9.10. The van der Waals surface area contributed by atoms with Gasteiger partial charge in [-0.2, -0.15) is 0 Å². The predicted octanol–water partition coefficient (Wildman–Crippen LogP) is 10.7. The van der Waals surface area contributed by atoms with Crippen molar-refractivity contribution in [2.45, 2.75) is 130 Å². The fraction of sp³-hybridized carbons (Fsp3) is 0.379. The fourth-order valence-corrected chi connectivity index (χ4v) is 10.1. The van der Waals surface area contributed by atoms with Crippen LogP contribution in [-0.2, 0) is 40.8 Å². The minimum atomic E-state index is -0.564. The van der Waals surface area contributed by atoms with Gasteiger partial charge in [0, 0.05) is 50.6 Å². The Morgan fingerprint density at radius 1 is 0.392 bits per heavy atom. The number of imide groups is 2. The Bertz CT molecular complexity index is 3060. The number of carbonyl (C=O) groups excluding carboxylic acids is 4. The molecule has 3 fully saturated rings. The van der Waals surface area contributed by atoms with Crippen molar-refractivity contribution in [2.24, 2.45) is 0 Å². The lowest BCUT2D eigenvalue weighted by molar-refractivity contribution is 0.00578. The van der Waals surface area contributed by atoms with Gasteiger partial charge in [0.05, 0.1) is 33.6 Å². The SMILES string of the molecule is CC1(C)OB(B2OC(C)(C)C(C)(C)O2)OC1(C)C.CC1(C)OB(c2ccc3c4c(cccc24)C(=O)N(CCc2ccccc2)C3=O)OC1(C)C.O=C1c2cccc3c(Br)ccc(c23)C(=O)N1CCc1ccccc1. The molecule has 0 aromatic heterocycles. The fourth-order valence-electron chi connectivity index (χ4n) is 9.63. The summed E-state index contributed by atoms with van der Waals surface area (Å²) in [6.45, 7) is 25.0. The Balaban J connectivity index is 0.000000142. The molecular weight excluding hydrogens is 997 g/mol. The first-order valence-electron chi connectivity index (χ1n) is 25.4. The Labute approximate surface area is 444 Å². The molecule has 0 N–H and O–H groups in total. The van der Waals surface area contributed by atoms with E-state index in [2.05, 4.69) is 15.9 Å². The third-order valence-electron chi connectivity index (χ3n) is 16.2. The maximum absolute atomic E-state index is 13.3. The summed E-state index contributed by atoms with van der Waals surface area (Å²) in [7, 11) is -1.52. The second-order valence-electron chi connectivity index (χ2n) is 22.6. The first kappa shape index (κ1) is 53.4. The van der Waals surface area contributed by atoms with Crippen LogP contribution in [0.15, 0.2) is 126 Å². The highest BCUT2D eigenvalue weighted by Crippen LogP contribution is 2.44. The van der Waals surface area contributed by atoms with Gasteiger partial charge in [-0.25, -0.2) is 0 Å². The van der Waals surface area contributed by atoms with Crippen molar-refractivity contribution < 1.29 is 47.1 Å². The van der Waals surface area contributed by atoms with Crippen molar-refractivity contribution in [2.75, 3.05) is 13.1 Å². The van der Waals surface area contributed by atoms with Gasteiger partial charge >= 0.3 is 21.1 Å². The number of carbonyl (C=O) groups is 4. The molecule has 6 aromatic rings. The van der Waals surface area contributed by atoms with E-state index in [1.165, 1.54) is 9.80 Å². The first-order valence-corrected chi connectivity index (χ1v) is 26.2. The number of benzene rings is 6. The average Bonchev–Trinajstić information content (AvgIpc) is 3.82.